The Labute approximate surface area is 155 Å². The van der Waals surface area contributed by atoms with Gasteiger partial charge in [-0.2, -0.15) is 0 Å². The van der Waals surface area contributed by atoms with Gasteiger partial charge in [0.2, 0.25) is 0 Å². The minimum absolute atomic E-state index is 0.0525. The number of benzene rings is 1. The zero-order valence-electron chi connectivity index (χ0n) is 14.7. The van der Waals surface area contributed by atoms with Crippen molar-refractivity contribution in [2.45, 2.75) is 89.1 Å². The molecular formula is C20H28Cl2O2. The van der Waals surface area contributed by atoms with Gasteiger partial charge in [0.15, 0.2) is 0 Å². The maximum atomic E-state index is 6.50. The van der Waals surface area contributed by atoms with Crippen molar-refractivity contribution < 1.29 is 9.47 Å². The first kappa shape index (κ1) is 18.5. The summed E-state index contributed by atoms with van der Waals surface area (Å²) < 4.78 is 12.7. The van der Waals surface area contributed by atoms with Crippen LogP contribution in [-0.2, 0) is 16.1 Å². The lowest BCUT2D eigenvalue weighted by Crippen LogP contribution is -2.37. The first-order valence-electron chi connectivity index (χ1n) is 9.22. The number of hydrogen-bond acceptors (Lipinski definition) is 2. The lowest BCUT2D eigenvalue weighted by molar-refractivity contribution is -0.0878. The summed E-state index contributed by atoms with van der Waals surface area (Å²) in [6, 6.07) is 5.58. The molecule has 2 aliphatic heterocycles. The van der Waals surface area contributed by atoms with Crippen molar-refractivity contribution in [3.05, 3.63) is 33.8 Å². The van der Waals surface area contributed by atoms with Gasteiger partial charge in [-0.15, -0.1) is 0 Å². The topological polar surface area (TPSA) is 18.5 Å². The van der Waals surface area contributed by atoms with Gasteiger partial charge in [0.1, 0.15) is 0 Å². The lowest BCUT2D eigenvalue weighted by Gasteiger charge is -2.30. The highest BCUT2D eigenvalue weighted by Crippen LogP contribution is 2.54. The van der Waals surface area contributed by atoms with Gasteiger partial charge < -0.3 is 9.47 Å². The summed E-state index contributed by atoms with van der Waals surface area (Å²) in [5.74, 6) is 0. The van der Waals surface area contributed by atoms with E-state index in [1.807, 2.05) is 12.1 Å². The third-order valence-corrected chi connectivity index (χ3v) is 6.29. The molecule has 3 atom stereocenters. The molecule has 24 heavy (non-hydrogen) atoms. The quantitative estimate of drug-likeness (QED) is 0.482. The van der Waals surface area contributed by atoms with Crippen molar-refractivity contribution >= 4 is 23.2 Å². The fourth-order valence-corrected chi connectivity index (χ4v) is 4.68. The van der Waals surface area contributed by atoms with Gasteiger partial charge in [0, 0.05) is 16.5 Å². The van der Waals surface area contributed by atoms with E-state index < -0.39 is 0 Å². The third-order valence-electron chi connectivity index (χ3n) is 5.71. The Balaban J connectivity index is 1.57. The molecule has 2 fully saturated rings. The molecule has 0 spiro atoms. The van der Waals surface area contributed by atoms with Crippen LogP contribution in [0.25, 0.3) is 0 Å². The first-order valence-corrected chi connectivity index (χ1v) is 9.98. The number of rotatable bonds is 8. The van der Waals surface area contributed by atoms with Crippen molar-refractivity contribution in [1.82, 2.24) is 0 Å². The molecule has 0 saturated carbocycles. The molecule has 0 amide bonds. The molecule has 0 aromatic heterocycles. The molecule has 3 unspecified atom stereocenters. The number of hydrogen-bond donors (Lipinski definition) is 0. The highest BCUT2D eigenvalue weighted by Gasteiger charge is 2.59. The minimum atomic E-state index is -0.135. The summed E-state index contributed by atoms with van der Waals surface area (Å²) in [5.41, 5.74) is 0.907. The van der Waals surface area contributed by atoms with Gasteiger partial charge in [-0.25, -0.2) is 0 Å². The van der Waals surface area contributed by atoms with Crippen LogP contribution in [0.1, 0.15) is 70.8 Å². The van der Waals surface area contributed by atoms with Crippen molar-refractivity contribution in [3.63, 3.8) is 0 Å². The number of halogens is 2. The Morgan fingerprint density at radius 1 is 1.21 bits per heavy atom. The molecule has 4 heteroatoms. The zero-order valence-corrected chi connectivity index (χ0v) is 16.3. The van der Waals surface area contributed by atoms with E-state index in [1.54, 1.807) is 6.07 Å². The molecule has 0 radical (unpaired) electrons. The van der Waals surface area contributed by atoms with Crippen LogP contribution in [0, 0.1) is 0 Å². The highest BCUT2D eigenvalue weighted by atomic mass is 35.5. The van der Waals surface area contributed by atoms with Gasteiger partial charge in [0.05, 0.1) is 23.9 Å². The third kappa shape index (κ3) is 3.93. The summed E-state index contributed by atoms with van der Waals surface area (Å²) in [7, 11) is 0. The maximum Gasteiger partial charge on any atom is 0.0924 e. The Morgan fingerprint density at radius 2 is 2.04 bits per heavy atom. The van der Waals surface area contributed by atoms with Gasteiger partial charge in [-0.3, -0.25) is 0 Å². The van der Waals surface area contributed by atoms with Crippen LogP contribution < -0.4 is 0 Å². The zero-order chi connectivity index (χ0) is 17.2. The van der Waals surface area contributed by atoms with Crippen LogP contribution in [0.15, 0.2) is 18.2 Å². The average molecular weight is 371 g/mol. The molecule has 1 aromatic rings. The van der Waals surface area contributed by atoms with E-state index in [0.29, 0.717) is 16.7 Å². The van der Waals surface area contributed by atoms with E-state index in [0.717, 1.165) is 18.4 Å². The summed E-state index contributed by atoms with van der Waals surface area (Å²) in [6.07, 6.45) is 9.79. The second-order valence-corrected chi connectivity index (χ2v) is 8.49. The van der Waals surface area contributed by atoms with Crippen LogP contribution in [0.3, 0.4) is 0 Å². The van der Waals surface area contributed by atoms with E-state index >= 15 is 0 Å². The molecule has 0 N–H and O–H groups in total. The van der Waals surface area contributed by atoms with Crippen LogP contribution in [0.5, 0.6) is 0 Å². The van der Waals surface area contributed by atoms with Crippen LogP contribution in [0.4, 0.5) is 0 Å². The van der Waals surface area contributed by atoms with Crippen LogP contribution >= 0.6 is 23.2 Å². The molecule has 2 nitrogen and oxygen atoms in total. The van der Waals surface area contributed by atoms with Crippen molar-refractivity contribution in [1.29, 1.82) is 0 Å². The van der Waals surface area contributed by atoms with E-state index in [-0.39, 0.29) is 17.3 Å². The number of fused-ring (bicyclic) bond motifs is 2. The Hall–Kier alpha value is -0.280. The normalized spacial score (nSPS) is 31.8. The Kier molecular flexibility index (Phi) is 5.81. The van der Waals surface area contributed by atoms with E-state index in [9.17, 15) is 0 Å². The molecule has 1 aromatic carbocycles. The van der Waals surface area contributed by atoms with E-state index in [4.69, 9.17) is 32.7 Å². The van der Waals surface area contributed by atoms with E-state index in [2.05, 4.69) is 13.8 Å². The molecule has 134 valence electrons. The SMILES string of the molecule is CCCCCCC12CCC(C)(O1)C(OCc1ccc(Cl)cc1Cl)C2. The maximum absolute atomic E-state index is 6.50. The molecule has 2 heterocycles. The molecule has 2 saturated heterocycles. The fourth-order valence-electron chi connectivity index (χ4n) is 4.21. The van der Waals surface area contributed by atoms with Crippen LogP contribution in [0.2, 0.25) is 10.0 Å². The smallest absolute Gasteiger partial charge is 0.0924 e. The summed E-state index contributed by atoms with van der Waals surface area (Å²) in [4.78, 5) is 0. The first-order chi connectivity index (χ1) is 11.5. The number of unbranched alkanes of at least 4 members (excludes halogenated alkanes) is 3. The molecule has 2 aliphatic rings. The van der Waals surface area contributed by atoms with Gasteiger partial charge >= 0.3 is 0 Å². The van der Waals surface area contributed by atoms with E-state index in [1.165, 1.54) is 38.5 Å². The standard InChI is InChI=1S/C20H28Cl2O2/c1-3-4-5-6-9-20-11-10-19(2,24-20)18(13-20)23-14-15-7-8-16(21)12-17(15)22/h7-8,12,18H,3-6,9-11,13-14H2,1-2H3. The van der Waals surface area contributed by atoms with Crippen molar-refractivity contribution in [2.75, 3.05) is 0 Å². The Bertz CT molecular complexity index is 577. The molecular weight excluding hydrogens is 343 g/mol. The van der Waals surface area contributed by atoms with Crippen molar-refractivity contribution in [2.24, 2.45) is 0 Å². The van der Waals surface area contributed by atoms with Gasteiger partial charge in [0.25, 0.3) is 0 Å². The van der Waals surface area contributed by atoms with Gasteiger partial charge in [-0.1, -0.05) is 61.9 Å². The highest BCUT2D eigenvalue weighted by molar-refractivity contribution is 6.35. The summed E-state index contributed by atoms with van der Waals surface area (Å²) in [5, 5.41) is 1.33. The summed E-state index contributed by atoms with van der Waals surface area (Å²) in [6.45, 7) is 4.98. The predicted molar refractivity (Wildman–Crippen MR) is 99.9 cm³/mol. The summed E-state index contributed by atoms with van der Waals surface area (Å²) >= 11 is 12.2. The minimum Gasteiger partial charge on any atom is -0.370 e. The molecule has 2 bridgehead atoms. The number of ether oxygens (including phenoxy) is 2. The molecule has 3 rings (SSSR count). The Morgan fingerprint density at radius 3 is 2.79 bits per heavy atom. The largest absolute Gasteiger partial charge is 0.370 e. The van der Waals surface area contributed by atoms with Crippen LogP contribution in [-0.4, -0.2) is 17.3 Å². The fraction of sp³-hybridized carbons (Fsp3) is 0.700. The van der Waals surface area contributed by atoms with Crippen molar-refractivity contribution in [3.8, 4) is 0 Å². The molecule has 0 aliphatic carbocycles. The monoisotopic (exact) mass is 370 g/mol. The second kappa shape index (κ2) is 7.53. The second-order valence-electron chi connectivity index (χ2n) is 7.65. The average Bonchev–Trinajstić information content (AvgIpc) is 3.02. The van der Waals surface area contributed by atoms with Gasteiger partial charge in [-0.05, 0) is 43.9 Å². The predicted octanol–water partition coefficient (Wildman–Crippen LogP) is 6.56. The lowest BCUT2D eigenvalue weighted by atomic mass is 9.78.